The molecular weight excluding hydrogens is 168 g/mol. The van der Waals surface area contributed by atoms with Crippen LogP contribution < -0.4 is 0 Å². The fourth-order valence-electron chi connectivity index (χ4n) is 1.14. The average Bonchev–Trinajstić information content (AvgIpc) is 2.70. The van der Waals surface area contributed by atoms with Crippen LogP contribution in [0.4, 0.5) is 0 Å². The summed E-state index contributed by atoms with van der Waals surface area (Å²) in [6, 6.07) is 0. The average molecular weight is 178 g/mol. The minimum atomic E-state index is 0.444. The molecule has 13 heavy (non-hydrogen) atoms. The quantitative estimate of drug-likeness (QED) is 0.643. The maximum Gasteiger partial charge on any atom is 0.211 e. The lowest BCUT2D eigenvalue weighted by Crippen LogP contribution is -1.97. The molecule has 0 saturated carbocycles. The van der Waals surface area contributed by atoms with Crippen molar-refractivity contribution in [2.24, 2.45) is 0 Å². The van der Waals surface area contributed by atoms with Gasteiger partial charge in [0.2, 0.25) is 5.82 Å². The molecule has 0 aliphatic heterocycles. The van der Waals surface area contributed by atoms with Crippen LogP contribution in [0.15, 0.2) is 12.4 Å². The van der Waals surface area contributed by atoms with Gasteiger partial charge in [0.1, 0.15) is 0 Å². The van der Waals surface area contributed by atoms with E-state index in [1.54, 1.807) is 19.3 Å². The van der Waals surface area contributed by atoms with Gasteiger partial charge in [0.25, 0.3) is 0 Å². The summed E-state index contributed by atoms with van der Waals surface area (Å²) in [6.45, 7) is 3.64. The lowest BCUT2D eigenvalue weighted by molar-refractivity contribution is 0.184. The number of H-pyrrole nitrogens is 1. The summed E-state index contributed by atoms with van der Waals surface area (Å²) in [5.74, 6) is 1.01. The van der Waals surface area contributed by atoms with Crippen LogP contribution in [0, 0.1) is 13.8 Å². The van der Waals surface area contributed by atoms with E-state index in [2.05, 4.69) is 15.0 Å². The number of hydrogen-bond acceptors (Lipinski definition) is 3. The number of nitrogens with one attached hydrogen (secondary N) is 1. The van der Waals surface area contributed by atoms with Crippen molar-refractivity contribution in [2.45, 2.75) is 13.8 Å². The fraction of sp³-hybridized carbons (Fsp3) is 0.250. The van der Waals surface area contributed by atoms with Gasteiger partial charge in [-0.15, -0.1) is 0 Å². The minimum Gasteiger partial charge on any atom is -0.426 e. The molecular formula is C8H10N4O. The molecule has 2 N–H and O–H groups in total. The van der Waals surface area contributed by atoms with E-state index in [0.717, 1.165) is 16.1 Å². The first-order chi connectivity index (χ1) is 6.20. The van der Waals surface area contributed by atoms with Crippen molar-refractivity contribution in [3.63, 3.8) is 0 Å². The van der Waals surface area contributed by atoms with E-state index < -0.39 is 0 Å². The first-order valence-electron chi connectivity index (χ1n) is 3.95. The van der Waals surface area contributed by atoms with Crippen LogP contribution in [0.2, 0.25) is 0 Å². The van der Waals surface area contributed by atoms with Crippen molar-refractivity contribution < 1.29 is 5.21 Å². The zero-order chi connectivity index (χ0) is 9.42. The van der Waals surface area contributed by atoms with E-state index in [4.69, 9.17) is 0 Å². The molecule has 0 radical (unpaired) electrons. The van der Waals surface area contributed by atoms with E-state index >= 15 is 0 Å². The third-order valence-corrected chi connectivity index (χ3v) is 2.03. The highest BCUT2D eigenvalue weighted by Gasteiger charge is 2.13. The number of hydrogen-bond donors (Lipinski definition) is 2. The van der Waals surface area contributed by atoms with Crippen LogP contribution in [0.25, 0.3) is 11.6 Å². The SMILES string of the molecule is Cc1nc(-c2ncc[nH]2)n(O)c1C. The van der Waals surface area contributed by atoms with Gasteiger partial charge in [-0.1, -0.05) is 0 Å². The summed E-state index contributed by atoms with van der Waals surface area (Å²) in [4.78, 5) is 11.1. The fourth-order valence-corrected chi connectivity index (χ4v) is 1.14. The van der Waals surface area contributed by atoms with Gasteiger partial charge in [-0.25, -0.2) is 9.97 Å². The van der Waals surface area contributed by atoms with Gasteiger partial charge >= 0.3 is 0 Å². The van der Waals surface area contributed by atoms with Crippen LogP contribution in [-0.2, 0) is 0 Å². The third kappa shape index (κ3) is 1.09. The van der Waals surface area contributed by atoms with Crippen molar-refractivity contribution in [3.8, 4) is 11.6 Å². The highest BCUT2D eigenvalue weighted by molar-refractivity contribution is 5.45. The molecule has 0 fully saturated rings. The van der Waals surface area contributed by atoms with Crippen LogP contribution in [0.3, 0.4) is 0 Å². The summed E-state index contributed by atoms with van der Waals surface area (Å²) in [5.41, 5.74) is 1.53. The van der Waals surface area contributed by atoms with Crippen molar-refractivity contribution in [2.75, 3.05) is 0 Å². The third-order valence-electron chi connectivity index (χ3n) is 2.03. The Bertz CT molecular complexity index is 416. The summed E-state index contributed by atoms with van der Waals surface area (Å²) in [7, 11) is 0. The molecule has 0 saturated heterocycles. The summed E-state index contributed by atoms with van der Waals surface area (Å²) < 4.78 is 1.04. The molecule has 5 heteroatoms. The second kappa shape index (κ2) is 2.62. The summed E-state index contributed by atoms with van der Waals surface area (Å²) in [6.07, 6.45) is 3.31. The second-order valence-electron chi connectivity index (χ2n) is 2.86. The molecule has 5 nitrogen and oxygen atoms in total. The number of aryl methyl sites for hydroxylation is 1. The first kappa shape index (κ1) is 7.85. The molecule has 0 aliphatic carbocycles. The van der Waals surface area contributed by atoms with E-state index in [1.807, 2.05) is 6.92 Å². The Hall–Kier alpha value is -1.78. The van der Waals surface area contributed by atoms with Crippen molar-refractivity contribution in [1.29, 1.82) is 0 Å². The molecule has 0 atom stereocenters. The predicted molar refractivity (Wildman–Crippen MR) is 46.5 cm³/mol. The maximum absolute atomic E-state index is 9.58. The van der Waals surface area contributed by atoms with Gasteiger partial charge in [0, 0.05) is 12.4 Å². The van der Waals surface area contributed by atoms with E-state index in [1.165, 1.54) is 0 Å². The normalized spacial score (nSPS) is 10.6. The monoisotopic (exact) mass is 178 g/mol. The zero-order valence-corrected chi connectivity index (χ0v) is 7.44. The Kier molecular flexibility index (Phi) is 1.58. The predicted octanol–water partition coefficient (Wildman–Crippen LogP) is 1.13. The van der Waals surface area contributed by atoms with Crippen molar-refractivity contribution in [3.05, 3.63) is 23.8 Å². The van der Waals surface area contributed by atoms with Gasteiger partial charge in [0.05, 0.1) is 11.4 Å². The van der Waals surface area contributed by atoms with Gasteiger partial charge in [-0.3, -0.25) is 0 Å². The minimum absolute atomic E-state index is 0.444. The Labute approximate surface area is 75.0 Å². The van der Waals surface area contributed by atoms with E-state index in [0.29, 0.717) is 11.6 Å². The van der Waals surface area contributed by atoms with Gasteiger partial charge in [-0.05, 0) is 13.8 Å². The van der Waals surface area contributed by atoms with Crippen molar-refractivity contribution >= 4 is 0 Å². The molecule has 2 heterocycles. The number of imidazole rings is 2. The Morgan fingerprint density at radius 2 is 2.23 bits per heavy atom. The number of rotatable bonds is 1. The standard InChI is InChI=1S/C8H10N4O/c1-5-6(2)12(13)8(11-5)7-9-3-4-10-7/h3-4,13H,1-2H3,(H,9,10). The van der Waals surface area contributed by atoms with Crippen LogP contribution in [-0.4, -0.2) is 24.9 Å². The topological polar surface area (TPSA) is 66.7 Å². The smallest absolute Gasteiger partial charge is 0.211 e. The lowest BCUT2D eigenvalue weighted by atomic mass is 10.4. The van der Waals surface area contributed by atoms with Gasteiger partial charge in [-0.2, -0.15) is 4.73 Å². The highest BCUT2D eigenvalue weighted by Crippen LogP contribution is 2.15. The largest absolute Gasteiger partial charge is 0.426 e. The summed E-state index contributed by atoms with van der Waals surface area (Å²) in [5, 5.41) is 9.58. The highest BCUT2D eigenvalue weighted by atomic mass is 16.5. The molecule has 2 rings (SSSR count). The molecule has 0 bridgehead atoms. The van der Waals surface area contributed by atoms with Gasteiger partial charge in [0.15, 0.2) is 5.82 Å². The number of aromatic amines is 1. The molecule has 68 valence electrons. The number of aromatic nitrogens is 4. The Balaban J connectivity index is 2.59. The zero-order valence-electron chi connectivity index (χ0n) is 7.44. The van der Waals surface area contributed by atoms with Crippen LogP contribution in [0.1, 0.15) is 11.4 Å². The summed E-state index contributed by atoms with van der Waals surface area (Å²) >= 11 is 0. The molecule has 0 amide bonds. The molecule has 0 aromatic carbocycles. The molecule has 0 spiro atoms. The van der Waals surface area contributed by atoms with E-state index in [9.17, 15) is 5.21 Å². The first-order valence-corrected chi connectivity index (χ1v) is 3.95. The van der Waals surface area contributed by atoms with Crippen LogP contribution in [0.5, 0.6) is 0 Å². The Morgan fingerprint density at radius 3 is 2.69 bits per heavy atom. The van der Waals surface area contributed by atoms with E-state index in [-0.39, 0.29) is 0 Å². The Morgan fingerprint density at radius 1 is 1.46 bits per heavy atom. The van der Waals surface area contributed by atoms with Crippen molar-refractivity contribution in [1.82, 2.24) is 19.7 Å². The van der Waals surface area contributed by atoms with Gasteiger partial charge < -0.3 is 10.2 Å². The lowest BCUT2D eigenvalue weighted by Gasteiger charge is -1.96. The molecule has 2 aromatic heterocycles. The molecule has 0 aliphatic rings. The molecule has 2 aromatic rings. The maximum atomic E-state index is 9.58. The van der Waals surface area contributed by atoms with Crippen LogP contribution >= 0.6 is 0 Å². The molecule has 0 unspecified atom stereocenters. The number of nitrogens with zero attached hydrogens (tertiary/aromatic N) is 3. The second-order valence-corrected chi connectivity index (χ2v) is 2.86.